The molecule has 0 bridgehead atoms. The summed E-state index contributed by atoms with van der Waals surface area (Å²) in [5.41, 5.74) is 0.697. The second-order valence-corrected chi connectivity index (χ2v) is 7.90. The van der Waals surface area contributed by atoms with E-state index in [1.165, 1.54) is 16.4 Å². The third-order valence-corrected chi connectivity index (χ3v) is 5.27. The Bertz CT molecular complexity index is 625. The van der Waals surface area contributed by atoms with E-state index >= 15 is 0 Å². The van der Waals surface area contributed by atoms with Gasteiger partial charge in [-0.15, -0.1) is 0 Å². The van der Waals surface area contributed by atoms with Crippen LogP contribution in [-0.4, -0.2) is 49.4 Å². The van der Waals surface area contributed by atoms with Gasteiger partial charge in [0.25, 0.3) is 0 Å². The summed E-state index contributed by atoms with van der Waals surface area (Å²) in [5, 5.41) is 0. The summed E-state index contributed by atoms with van der Waals surface area (Å²) in [4.78, 5) is 14.0. The quantitative estimate of drug-likeness (QED) is 0.794. The van der Waals surface area contributed by atoms with Gasteiger partial charge in [-0.25, -0.2) is 12.8 Å². The van der Waals surface area contributed by atoms with E-state index in [0.717, 1.165) is 38.6 Å². The summed E-state index contributed by atoms with van der Waals surface area (Å²) < 4.78 is 38.0. The van der Waals surface area contributed by atoms with Crippen LogP contribution in [0.3, 0.4) is 0 Å². The highest BCUT2D eigenvalue weighted by Crippen LogP contribution is 2.13. The second-order valence-electron chi connectivity index (χ2n) is 5.91. The van der Waals surface area contributed by atoms with Gasteiger partial charge in [-0.05, 0) is 37.0 Å². The standard InChI is InChI=1S/C16H23FN2O3S/c1-23(21,22)19(13-14-5-7-15(17)8-6-14)12-9-16(20)18-10-3-2-4-11-18/h5-8H,2-4,9-13H2,1H3. The predicted molar refractivity (Wildman–Crippen MR) is 86.7 cm³/mol. The van der Waals surface area contributed by atoms with E-state index in [1.54, 1.807) is 12.1 Å². The minimum absolute atomic E-state index is 0.00236. The van der Waals surface area contributed by atoms with Crippen LogP contribution in [0, 0.1) is 5.82 Å². The monoisotopic (exact) mass is 342 g/mol. The molecule has 7 heteroatoms. The molecule has 1 saturated heterocycles. The molecule has 0 radical (unpaired) electrons. The topological polar surface area (TPSA) is 57.7 Å². The number of benzene rings is 1. The lowest BCUT2D eigenvalue weighted by Gasteiger charge is -2.28. The lowest BCUT2D eigenvalue weighted by Crippen LogP contribution is -2.38. The van der Waals surface area contributed by atoms with Crippen LogP contribution >= 0.6 is 0 Å². The summed E-state index contributed by atoms with van der Waals surface area (Å²) in [6.45, 7) is 1.81. The predicted octanol–water partition coefficient (Wildman–Crippen LogP) is 1.99. The number of halogens is 1. The number of likely N-dealkylation sites (tertiary alicyclic amines) is 1. The fraction of sp³-hybridized carbons (Fsp3) is 0.562. The summed E-state index contributed by atoms with van der Waals surface area (Å²) in [6.07, 6.45) is 4.47. The first kappa shape index (κ1) is 17.9. The number of rotatable bonds is 6. The lowest BCUT2D eigenvalue weighted by atomic mass is 10.1. The number of nitrogens with zero attached hydrogens (tertiary/aromatic N) is 2. The highest BCUT2D eigenvalue weighted by Gasteiger charge is 2.21. The molecule has 0 aromatic heterocycles. The Balaban J connectivity index is 1.96. The van der Waals surface area contributed by atoms with E-state index in [0.29, 0.717) is 5.56 Å². The molecule has 1 aliphatic heterocycles. The molecular weight excluding hydrogens is 319 g/mol. The Hall–Kier alpha value is -1.47. The number of sulfonamides is 1. The smallest absolute Gasteiger partial charge is 0.223 e. The molecule has 0 saturated carbocycles. The van der Waals surface area contributed by atoms with Crippen molar-refractivity contribution in [1.29, 1.82) is 0 Å². The fourth-order valence-corrected chi connectivity index (χ4v) is 3.48. The first-order valence-electron chi connectivity index (χ1n) is 7.83. The Morgan fingerprint density at radius 1 is 1.17 bits per heavy atom. The SMILES string of the molecule is CS(=O)(=O)N(CCC(=O)N1CCCCC1)Cc1ccc(F)cc1. The average molecular weight is 342 g/mol. The molecule has 1 aliphatic rings. The van der Waals surface area contributed by atoms with Crippen molar-refractivity contribution in [2.24, 2.45) is 0 Å². The van der Waals surface area contributed by atoms with Gasteiger partial charge in [-0.3, -0.25) is 4.79 Å². The molecule has 1 heterocycles. The molecule has 0 aliphatic carbocycles. The van der Waals surface area contributed by atoms with Crippen molar-refractivity contribution in [2.75, 3.05) is 25.9 Å². The summed E-state index contributed by atoms with van der Waals surface area (Å²) in [7, 11) is -3.43. The van der Waals surface area contributed by atoms with Crippen molar-refractivity contribution < 1.29 is 17.6 Å². The molecule has 1 aromatic rings. The van der Waals surface area contributed by atoms with Crippen LogP contribution in [0.25, 0.3) is 0 Å². The van der Waals surface area contributed by atoms with Crippen molar-refractivity contribution in [1.82, 2.24) is 9.21 Å². The fourth-order valence-electron chi connectivity index (χ4n) is 2.68. The maximum Gasteiger partial charge on any atom is 0.223 e. The van der Waals surface area contributed by atoms with Crippen LogP contribution in [0.1, 0.15) is 31.2 Å². The zero-order chi connectivity index (χ0) is 16.9. The van der Waals surface area contributed by atoms with Crippen molar-refractivity contribution in [2.45, 2.75) is 32.2 Å². The van der Waals surface area contributed by atoms with Gasteiger partial charge in [-0.2, -0.15) is 4.31 Å². The van der Waals surface area contributed by atoms with Crippen molar-refractivity contribution in [3.8, 4) is 0 Å². The normalized spacial score (nSPS) is 15.9. The Morgan fingerprint density at radius 2 is 1.78 bits per heavy atom. The summed E-state index contributed by atoms with van der Waals surface area (Å²) in [5.74, 6) is -0.364. The van der Waals surface area contributed by atoms with Crippen LogP contribution in [-0.2, 0) is 21.4 Å². The molecule has 1 fully saturated rings. The molecule has 0 atom stereocenters. The van der Waals surface area contributed by atoms with E-state index in [2.05, 4.69) is 0 Å². The van der Waals surface area contributed by atoms with E-state index in [1.807, 2.05) is 4.90 Å². The maximum absolute atomic E-state index is 12.9. The molecular formula is C16H23FN2O3S. The van der Waals surface area contributed by atoms with Crippen molar-refractivity contribution >= 4 is 15.9 Å². The van der Waals surface area contributed by atoms with Crippen LogP contribution in [0.2, 0.25) is 0 Å². The Morgan fingerprint density at radius 3 is 2.35 bits per heavy atom. The molecule has 1 aromatic carbocycles. The number of piperidine rings is 1. The summed E-state index contributed by atoms with van der Waals surface area (Å²) >= 11 is 0. The lowest BCUT2D eigenvalue weighted by molar-refractivity contribution is -0.132. The summed E-state index contributed by atoms with van der Waals surface area (Å²) in [6, 6.07) is 5.71. The zero-order valence-corrected chi connectivity index (χ0v) is 14.2. The molecule has 1 amide bonds. The minimum atomic E-state index is -3.43. The molecule has 5 nitrogen and oxygen atoms in total. The van der Waals surface area contributed by atoms with Gasteiger partial charge < -0.3 is 4.90 Å². The first-order valence-corrected chi connectivity index (χ1v) is 9.68. The minimum Gasteiger partial charge on any atom is -0.343 e. The largest absolute Gasteiger partial charge is 0.343 e. The van der Waals surface area contributed by atoms with Gasteiger partial charge in [0.1, 0.15) is 5.82 Å². The highest BCUT2D eigenvalue weighted by molar-refractivity contribution is 7.88. The van der Waals surface area contributed by atoms with Gasteiger partial charge >= 0.3 is 0 Å². The van der Waals surface area contributed by atoms with Crippen molar-refractivity contribution in [3.63, 3.8) is 0 Å². The van der Waals surface area contributed by atoms with E-state index in [4.69, 9.17) is 0 Å². The maximum atomic E-state index is 12.9. The van der Waals surface area contributed by atoms with Crippen LogP contribution in [0.4, 0.5) is 4.39 Å². The highest BCUT2D eigenvalue weighted by atomic mass is 32.2. The number of carbonyl (C=O) groups is 1. The molecule has 2 rings (SSSR count). The van der Waals surface area contributed by atoms with E-state index < -0.39 is 10.0 Å². The van der Waals surface area contributed by atoms with Gasteiger partial charge in [-0.1, -0.05) is 12.1 Å². The molecule has 0 N–H and O–H groups in total. The number of carbonyl (C=O) groups excluding carboxylic acids is 1. The van der Waals surface area contributed by atoms with Gasteiger partial charge in [0.05, 0.1) is 6.26 Å². The Kier molecular flexibility index (Phi) is 6.12. The molecule has 0 unspecified atom stereocenters. The number of hydrogen-bond acceptors (Lipinski definition) is 3. The molecule has 0 spiro atoms. The van der Waals surface area contributed by atoms with E-state index in [-0.39, 0.29) is 31.2 Å². The Labute approximate surface area is 137 Å². The second kappa shape index (κ2) is 7.88. The van der Waals surface area contributed by atoms with Crippen molar-refractivity contribution in [3.05, 3.63) is 35.6 Å². The third-order valence-electron chi connectivity index (χ3n) is 4.03. The number of hydrogen-bond donors (Lipinski definition) is 0. The van der Waals surface area contributed by atoms with Crippen LogP contribution in [0.15, 0.2) is 24.3 Å². The first-order chi connectivity index (χ1) is 10.9. The van der Waals surface area contributed by atoms with Crippen LogP contribution < -0.4 is 0 Å². The zero-order valence-electron chi connectivity index (χ0n) is 13.4. The van der Waals surface area contributed by atoms with Gasteiger partial charge in [0.15, 0.2) is 0 Å². The van der Waals surface area contributed by atoms with Gasteiger partial charge in [0, 0.05) is 32.6 Å². The number of amides is 1. The van der Waals surface area contributed by atoms with Gasteiger partial charge in [0.2, 0.25) is 15.9 Å². The van der Waals surface area contributed by atoms with Crippen LogP contribution in [0.5, 0.6) is 0 Å². The van der Waals surface area contributed by atoms with E-state index in [9.17, 15) is 17.6 Å². The third kappa shape index (κ3) is 5.58. The molecule has 23 heavy (non-hydrogen) atoms. The molecule has 128 valence electrons. The average Bonchev–Trinajstić information content (AvgIpc) is 2.52.